The Morgan fingerprint density at radius 2 is 1.83 bits per heavy atom. The Kier molecular flexibility index (Phi) is 9.55. The summed E-state index contributed by atoms with van der Waals surface area (Å²) in [6, 6.07) is 0. The van der Waals surface area contributed by atoms with Gasteiger partial charge in [-0.25, -0.2) is 0 Å². The number of hydrogen-bond donors (Lipinski definition) is 0. The van der Waals surface area contributed by atoms with Gasteiger partial charge >= 0.3 is 83.7 Å². The van der Waals surface area contributed by atoms with Crippen molar-refractivity contribution in [2.45, 2.75) is 58.2 Å². The number of rotatable bonds is 7. The molecule has 0 aromatic heterocycles. The molecule has 0 bridgehead atoms. The van der Waals surface area contributed by atoms with E-state index >= 15 is 0 Å². The molecule has 0 aromatic carbocycles. The van der Waals surface area contributed by atoms with Crippen LogP contribution in [0.5, 0.6) is 0 Å². The molecule has 12 heavy (non-hydrogen) atoms. The van der Waals surface area contributed by atoms with Crippen molar-refractivity contribution in [3.8, 4) is 0 Å². The molecule has 0 unspecified atom stereocenters. The average molecular weight is 233 g/mol. The second-order valence-corrected chi connectivity index (χ2v) is 5.34. The van der Waals surface area contributed by atoms with E-state index in [2.05, 4.69) is 25.7 Å². The van der Waals surface area contributed by atoms with Gasteiger partial charge in [0.1, 0.15) is 0 Å². The molecule has 0 atom stereocenters. The van der Waals surface area contributed by atoms with E-state index in [4.69, 9.17) is 0 Å². The molecule has 0 fully saturated rings. The van der Waals surface area contributed by atoms with Crippen molar-refractivity contribution in [3.05, 3.63) is 10.5 Å². The van der Waals surface area contributed by atoms with Crippen molar-refractivity contribution >= 4 is 15.0 Å². The molecule has 0 amide bonds. The van der Waals surface area contributed by atoms with Gasteiger partial charge in [0.15, 0.2) is 0 Å². The Hall–Kier alpha value is 0.259. The summed E-state index contributed by atoms with van der Waals surface area (Å²) in [6.07, 6.45) is 6.78. The van der Waals surface area contributed by atoms with Gasteiger partial charge in [0.25, 0.3) is 0 Å². The topological polar surface area (TPSA) is 0 Å². The van der Waals surface area contributed by atoms with Gasteiger partial charge in [-0.2, -0.15) is 0 Å². The minimum absolute atomic E-state index is 0.786. The summed E-state index contributed by atoms with van der Waals surface area (Å²) in [7, 11) is 0. The summed E-state index contributed by atoms with van der Waals surface area (Å²) >= 11 is 0.786. The summed E-state index contributed by atoms with van der Waals surface area (Å²) in [4.78, 5) is 2.48. The normalized spacial score (nSPS) is 12.1. The third-order valence-electron chi connectivity index (χ3n) is 1.82. The van der Waals surface area contributed by atoms with Crippen LogP contribution in [0, 0.1) is 0 Å². The summed E-state index contributed by atoms with van der Waals surface area (Å²) in [5.41, 5.74) is 1.62. The van der Waals surface area contributed by atoms with Crippen LogP contribution in [0.3, 0.4) is 0 Å². The number of allylic oxidation sites excluding steroid dienone is 1. The Morgan fingerprint density at radius 3 is 2.42 bits per heavy atom. The zero-order chi connectivity index (χ0) is 9.23. The van der Waals surface area contributed by atoms with Crippen LogP contribution in [0.2, 0.25) is 5.32 Å². The fourth-order valence-electron chi connectivity index (χ4n) is 0.943. The van der Waals surface area contributed by atoms with Gasteiger partial charge in [0.2, 0.25) is 0 Å². The zero-order valence-corrected chi connectivity index (χ0v) is 10.4. The fourth-order valence-corrected chi connectivity index (χ4v) is 2.99. The molecule has 0 aliphatic carbocycles. The summed E-state index contributed by atoms with van der Waals surface area (Å²) < 4.78 is 0. The second-order valence-electron chi connectivity index (χ2n) is 3.29. The minimum atomic E-state index is 0.786. The summed E-state index contributed by atoms with van der Waals surface area (Å²) in [5, 5.41) is 1.44. The first-order chi connectivity index (χ1) is 5.81. The van der Waals surface area contributed by atoms with Gasteiger partial charge in [-0.1, -0.05) is 0 Å². The van der Waals surface area contributed by atoms with Crippen LogP contribution in [0.1, 0.15) is 52.9 Å². The van der Waals surface area contributed by atoms with Gasteiger partial charge in [-0.05, 0) is 0 Å². The average Bonchev–Trinajstić information content (AvgIpc) is 2.09. The SMILES string of the molecule is CCCC[Se]/C=C(\C)CCCC. The maximum absolute atomic E-state index is 2.48. The van der Waals surface area contributed by atoms with Crippen LogP contribution in [0.25, 0.3) is 0 Å². The molecule has 0 N–H and O–H groups in total. The quantitative estimate of drug-likeness (QED) is 0.460. The van der Waals surface area contributed by atoms with Gasteiger partial charge in [-0.3, -0.25) is 0 Å². The molecule has 0 aliphatic heterocycles. The molecule has 0 radical (unpaired) electrons. The predicted molar refractivity (Wildman–Crippen MR) is 58.8 cm³/mol. The summed E-state index contributed by atoms with van der Waals surface area (Å²) in [6.45, 7) is 6.81. The molecule has 0 saturated heterocycles. The number of unbranched alkanes of at least 4 members (excludes halogenated alkanes) is 2. The molecular formula is C11H22Se. The molecule has 1 heteroatoms. The van der Waals surface area contributed by atoms with Crippen LogP contribution in [0.15, 0.2) is 10.5 Å². The molecular weight excluding hydrogens is 211 g/mol. The Morgan fingerprint density at radius 1 is 1.17 bits per heavy atom. The van der Waals surface area contributed by atoms with Crippen LogP contribution in [-0.4, -0.2) is 15.0 Å². The van der Waals surface area contributed by atoms with Crippen molar-refractivity contribution in [3.63, 3.8) is 0 Å². The van der Waals surface area contributed by atoms with E-state index in [9.17, 15) is 0 Å². The van der Waals surface area contributed by atoms with Crippen molar-refractivity contribution < 1.29 is 0 Å². The van der Waals surface area contributed by atoms with E-state index in [0.717, 1.165) is 15.0 Å². The fraction of sp³-hybridized carbons (Fsp3) is 0.818. The first-order valence-corrected chi connectivity index (χ1v) is 7.28. The van der Waals surface area contributed by atoms with Crippen LogP contribution in [0.4, 0.5) is 0 Å². The van der Waals surface area contributed by atoms with E-state index in [1.54, 1.807) is 5.57 Å². The Labute approximate surface area is 84.0 Å². The molecule has 0 rings (SSSR count). The molecule has 0 saturated carbocycles. The van der Waals surface area contributed by atoms with Crippen molar-refractivity contribution in [2.24, 2.45) is 0 Å². The van der Waals surface area contributed by atoms with Crippen LogP contribution in [-0.2, 0) is 0 Å². The Bertz CT molecular complexity index is 116. The first-order valence-electron chi connectivity index (χ1n) is 5.08. The monoisotopic (exact) mass is 234 g/mol. The maximum atomic E-state index is 2.48. The van der Waals surface area contributed by atoms with E-state index < -0.39 is 0 Å². The van der Waals surface area contributed by atoms with Crippen LogP contribution >= 0.6 is 0 Å². The van der Waals surface area contributed by atoms with Crippen molar-refractivity contribution in [1.29, 1.82) is 0 Å². The van der Waals surface area contributed by atoms with Gasteiger partial charge in [-0.15, -0.1) is 0 Å². The first kappa shape index (κ1) is 12.3. The van der Waals surface area contributed by atoms with Gasteiger partial charge < -0.3 is 0 Å². The Balaban J connectivity index is 3.28. The predicted octanol–water partition coefficient (Wildman–Crippen LogP) is 4.00. The number of hydrogen-bond acceptors (Lipinski definition) is 0. The zero-order valence-electron chi connectivity index (χ0n) is 8.73. The van der Waals surface area contributed by atoms with E-state index in [-0.39, 0.29) is 0 Å². The molecule has 0 aromatic rings. The molecule has 0 spiro atoms. The standard InChI is InChI=1S/C11H22Se/c1-4-6-8-11(3)10-12-9-7-5-2/h10H,4-9H2,1-3H3/b11-10+. The van der Waals surface area contributed by atoms with E-state index in [1.165, 1.54) is 37.4 Å². The second kappa shape index (κ2) is 9.35. The van der Waals surface area contributed by atoms with Crippen molar-refractivity contribution in [1.82, 2.24) is 0 Å². The molecule has 0 heterocycles. The molecule has 0 nitrogen and oxygen atoms in total. The molecule has 0 aliphatic rings. The van der Waals surface area contributed by atoms with E-state index in [0.29, 0.717) is 0 Å². The molecule has 72 valence electrons. The van der Waals surface area contributed by atoms with Gasteiger partial charge in [0.05, 0.1) is 0 Å². The third-order valence-corrected chi connectivity index (χ3v) is 4.12. The van der Waals surface area contributed by atoms with Crippen molar-refractivity contribution in [2.75, 3.05) is 0 Å². The van der Waals surface area contributed by atoms with E-state index in [1.807, 2.05) is 0 Å². The third kappa shape index (κ3) is 8.36. The summed E-state index contributed by atoms with van der Waals surface area (Å²) in [5.74, 6) is 0. The van der Waals surface area contributed by atoms with Gasteiger partial charge in [0, 0.05) is 0 Å². The van der Waals surface area contributed by atoms with Crippen LogP contribution < -0.4 is 0 Å².